The van der Waals surface area contributed by atoms with Crippen LogP contribution in [0, 0.1) is 0 Å². The Bertz CT molecular complexity index is 195. The van der Waals surface area contributed by atoms with E-state index >= 15 is 0 Å². The Morgan fingerprint density at radius 3 is 1.56 bits per heavy atom. The van der Waals surface area contributed by atoms with Crippen molar-refractivity contribution in [1.29, 1.82) is 0 Å². The number of fused-ring (bicyclic) bond motifs is 2. The van der Waals surface area contributed by atoms with E-state index in [1.165, 1.54) is 70.6 Å². The Labute approximate surface area is 101 Å². The van der Waals surface area contributed by atoms with Crippen LogP contribution in [-0.4, -0.2) is 11.1 Å². The zero-order valence-corrected chi connectivity index (χ0v) is 11.3. The summed E-state index contributed by atoms with van der Waals surface area (Å²) in [5, 5.41) is 4.09. The van der Waals surface area contributed by atoms with E-state index in [4.69, 9.17) is 0 Å². The molecule has 2 bridgehead atoms. The highest BCUT2D eigenvalue weighted by Gasteiger charge is 2.44. The van der Waals surface area contributed by atoms with Crippen LogP contribution in [0.25, 0.3) is 0 Å². The van der Waals surface area contributed by atoms with Crippen LogP contribution in [0.5, 0.6) is 0 Å². The van der Waals surface area contributed by atoms with Crippen molar-refractivity contribution < 1.29 is 0 Å². The van der Waals surface area contributed by atoms with E-state index in [0.717, 1.165) is 0 Å². The molecule has 0 radical (unpaired) electrons. The molecule has 2 unspecified atom stereocenters. The van der Waals surface area contributed by atoms with E-state index in [2.05, 4.69) is 19.2 Å². The van der Waals surface area contributed by atoms with Crippen molar-refractivity contribution in [3.63, 3.8) is 0 Å². The van der Waals surface area contributed by atoms with E-state index in [9.17, 15) is 0 Å². The molecule has 2 aliphatic heterocycles. The second-order valence-electron chi connectivity index (χ2n) is 6.16. The lowest BCUT2D eigenvalue weighted by atomic mass is 9.88. The molecule has 2 rings (SSSR count). The van der Waals surface area contributed by atoms with Crippen molar-refractivity contribution in [2.24, 2.45) is 0 Å². The highest BCUT2D eigenvalue weighted by atomic mass is 15.1. The van der Waals surface area contributed by atoms with Gasteiger partial charge in [-0.3, -0.25) is 0 Å². The first-order valence-corrected chi connectivity index (χ1v) is 7.54. The fraction of sp³-hybridized carbons (Fsp3) is 1.00. The van der Waals surface area contributed by atoms with Gasteiger partial charge < -0.3 is 5.32 Å². The average Bonchev–Trinajstić information content (AvgIpc) is 2.68. The number of hydrogen-bond donors (Lipinski definition) is 1. The van der Waals surface area contributed by atoms with Crippen molar-refractivity contribution in [3.05, 3.63) is 0 Å². The van der Waals surface area contributed by atoms with Crippen molar-refractivity contribution in [2.75, 3.05) is 0 Å². The molecule has 0 aliphatic carbocycles. The molecule has 0 aromatic heterocycles. The monoisotopic (exact) mass is 223 g/mol. The predicted molar refractivity (Wildman–Crippen MR) is 70.7 cm³/mol. The number of nitrogens with one attached hydrogen (secondary N) is 1. The lowest BCUT2D eigenvalue weighted by molar-refractivity contribution is 0.234. The van der Waals surface area contributed by atoms with Gasteiger partial charge >= 0.3 is 0 Å². The molecule has 0 saturated carbocycles. The summed E-state index contributed by atoms with van der Waals surface area (Å²) in [6.07, 6.45) is 15.6. The Balaban J connectivity index is 2.09. The fourth-order valence-electron chi connectivity index (χ4n) is 3.88. The lowest BCUT2D eigenvalue weighted by Crippen LogP contribution is -2.50. The van der Waals surface area contributed by atoms with Gasteiger partial charge in [0.15, 0.2) is 0 Å². The second kappa shape index (κ2) is 5.08. The minimum Gasteiger partial charge on any atom is -0.306 e. The van der Waals surface area contributed by atoms with E-state index < -0.39 is 0 Å². The van der Waals surface area contributed by atoms with Crippen LogP contribution < -0.4 is 5.32 Å². The molecule has 0 aromatic rings. The van der Waals surface area contributed by atoms with Crippen LogP contribution in [0.2, 0.25) is 0 Å². The Morgan fingerprint density at radius 2 is 1.12 bits per heavy atom. The van der Waals surface area contributed by atoms with Gasteiger partial charge in [-0.1, -0.05) is 46.0 Å². The first-order chi connectivity index (χ1) is 7.74. The molecule has 1 N–H and O–H groups in total. The fourth-order valence-corrected chi connectivity index (χ4v) is 3.88. The van der Waals surface area contributed by atoms with Gasteiger partial charge in [-0.05, 0) is 38.5 Å². The predicted octanol–water partition coefficient (Wildman–Crippen LogP) is 4.41. The van der Waals surface area contributed by atoms with Gasteiger partial charge in [-0.2, -0.15) is 0 Å². The van der Waals surface area contributed by atoms with E-state index in [0.29, 0.717) is 11.1 Å². The molecule has 1 heteroatoms. The van der Waals surface area contributed by atoms with Crippen LogP contribution in [-0.2, 0) is 0 Å². The van der Waals surface area contributed by atoms with Crippen LogP contribution in [0.4, 0.5) is 0 Å². The zero-order valence-electron chi connectivity index (χ0n) is 11.3. The molecule has 1 nitrogen and oxygen atoms in total. The van der Waals surface area contributed by atoms with Crippen molar-refractivity contribution in [3.8, 4) is 0 Å². The maximum absolute atomic E-state index is 4.09. The van der Waals surface area contributed by atoms with Crippen LogP contribution in [0.15, 0.2) is 0 Å². The van der Waals surface area contributed by atoms with E-state index in [1.54, 1.807) is 0 Å². The third kappa shape index (κ3) is 2.45. The smallest absolute Gasteiger partial charge is 0.0184 e. The Kier molecular flexibility index (Phi) is 3.94. The third-order valence-corrected chi connectivity index (χ3v) is 5.28. The van der Waals surface area contributed by atoms with E-state index in [1.807, 2.05) is 0 Å². The summed E-state index contributed by atoms with van der Waals surface area (Å²) in [6.45, 7) is 4.76. The van der Waals surface area contributed by atoms with Gasteiger partial charge in [0.1, 0.15) is 0 Å². The highest BCUT2D eigenvalue weighted by molar-refractivity contribution is 5.05. The summed E-state index contributed by atoms with van der Waals surface area (Å²) in [4.78, 5) is 0. The maximum Gasteiger partial charge on any atom is 0.0184 e. The molecule has 0 aromatic carbocycles. The standard InChI is InChI=1S/C15H29N/c1-3-14-10-8-6-5-7-9-11-15(4-2,16-14)13-12-14/h16H,3-13H2,1-2H3. The molecule has 2 atom stereocenters. The van der Waals surface area contributed by atoms with Gasteiger partial charge in [-0.25, -0.2) is 0 Å². The molecule has 2 heterocycles. The summed E-state index contributed by atoms with van der Waals surface area (Å²) in [5.74, 6) is 0. The van der Waals surface area contributed by atoms with Crippen LogP contribution >= 0.6 is 0 Å². The minimum atomic E-state index is 0.507. The molecule has 2 saturated heterocycles. The summed E-state index contributed by atoms with van der Waals surface area (Å²) in [5.41, 5.74) is 1.01. The van der Waals surface area contributed by atoms with Gasteiger partial charge in [0.05, 0.1) is 0 Å². The number of rotatable bonds is 2. The molecular weight excluding hydrogens is 194 g/mol. The summed E-state index contributed by atoms with van der Waals surface area (Å²) in [6, 6.07) is 0. The largest absolute Gasteiger partial charge is 0.306 e. The Hall–Kier alpha value is -0.0400. The first-order valence-electron chi connectivity index (χ1n) is 7.54. The molecular formula is C15H29N. The SMILES string of the molecule is CCC12CCCCCCCC(CC)(CC1)N2. The zero-order chi connectivity index (χ0) is 11.5. The Morgan fingerprint density at radius 1 is 0.688 bits per heavy atom. The normalized spacial score (nSPS) is 40.9. The van der Waals surface area contributed by atoms with Crippen LogP contribution in [0.3, 0.4) is 0 Å². The van der Waals surface area contributed by atoms with Crippen molar-refractivity contribution in [2.45, 2.75) is 95.6 Å². The topological polar surface area (TPSA) is 12.0 Å². The summed E-state index contributed by atoms with van der Waals surface area (Å²) >= 11 is 0. The van der Waals surface area contributed by atoms with Crippen LogP contribution in [0.1, 0.15) is 84.5 Å². The molecule has 16 heavy (non-hydrogen) atoms. The summed E-state index contributed by atoms with van der Waals surface area (Å²) < 4.78 is 0. The van der Waals surface area contributed by atoms with Gasteiger partial charge in [-0.15, -0.1) is 0 Å². The quantitative estimate of drug-likeness (QED) is 0.731. The molecule has 2 fully saturated rings. The molecule has 94 valence electrons. The molecule has 2 aliphatic rings. The first kappa shape index (κ1) is 12.4. The third-order valence-electron chi connectivity index (χ3n) is 5.28. The average molecular weight is 223 g/mol. The molecule has 0 spiro atoms. The van der Waals surface area contributed by atoms with Crippen molar-refractivity contribution >= 4 is 0 Å². The second-order valence-corrected chi connectivity index (χ2v) is 6.16. The summed E-state index contributed by atoms with van der Waals surface area (Å²) in [7, 11) is 0. The van der Waals surface area contributed by atoms with Crippen molar-refractivity contribution in [1.82, 2.24) is 5.32 Å². The minimum absolute atomic E-state index is 0.507. The van der Waals surface area contributed by atoms with Gasteiger partial charge in [0.2, 0.25) is 0 Å². The van der Waals surface area contributed by atoms with Gasteiger partial charge in [0.25, 0.3) is 0 Å². The molecule has 0 amide bonds. The maximum atomic E-state index is 4.09. The lowest BCUT2D eigenvalue weighted by Gasteiger charge is -2.36. The number of hydrogen-bond acceptors (Lipinski definition) is 1. The van der Waals surface area contributed by atoms with Gasteiger partial charge in [0, 0.05) is 11.1 Å². The van der Waals surface area contributed by atoms with E-state index in [-0.39, 0.29) is 0 Å². The highest BCUT2D eigenvalue weighted by Crippen LogP contribution is 2.41.